The van der Waals surface area contributed by atoms with Crippen LogP contribution in [0, 0.1) is 6.92 Å². The van der Waals surface area contributed by atoms with Gasteiger partial charge in [-0.05, 0) is 38.7 Å². The molecule has 3 aromatic rings. The van der Waals surface area contributed by atoms with E-state index in [1.807, 2.05) is 56.3 Å². The maximum absolute atomic E-state index is 13.3. The monoisotopic (exact) mass is 362 g/mol. The molecule has 0 spiro atoms. The highest BCUT2D eigenvalue weighted by Crippen LogP contribution is 2.37. The Labute approximate surface area is 157 Å². The van der Waals surface area contributed by atoms with Crippen LogP contribution in [0.5, 0.6) is 0 Å². The summed E-state index contributed by atoms with van der Waals surface area (Å²) in [5.41, 5.74) is 2.83. The Kier molecular flexibility index (Phi) is 4.32. The Morgan fingerprint density at radius 1 is 1.04 bits per heavy atom. The van der Waals surface area contributed by atoms with Crippen molar-refractivity contribution >= 4 is 16.9 Å². The summed E-state index contributed by atoms with van der Waals surface area (Å²) in [5, 5.41) is 0.510. The van der Waals surface area contributed by atoms with E-state index < -0.39 is 6.04 Å². The van der Waals surface area contributed by atoms with Crippen LogP contribution in [0.2, 0.25) is 0 Å². The van der Waals surface area contributed by atoms with Crippen LogP contribution in [0.4, 0.5) is 0 Å². The van der Waals surface area contributed by atoms with Crippen molar-refractivity contribution in [2.24, 2.45) is 0 Å². The lowest BCUT2D eigenvalue weighted by Gasteiger charge is -2.26. The van der Waals surface area contributed by atoms with Crippen LogP contribution in [-0.4, -0.2) is 42.9 Å². The number of likely N-dealkylation sites (N-methyl/N-ethyl adjacent to an activating group) is 1. The highest BCUT2D eigenvalue weighted by molar-refractivity contribution is 5.99. The molecule has 1 aromatic heterocycles. The number of hydrogen-bond acceptors (Lipinski definition) is 4. The zero-order valence-electron chi connectivity index (χ0n) is 15.7. The van der Waals surface area contributed by atoms with Crippen LogP contribution in [0.1, 0.15) is 33.3 Å². The Morgan fingerprint density at radius 3 is 2.44 bits per heavy atom. The van der Waals surface area contributed by atoms with Gasteiger partial charge in [0.05, 0.1) is 17.0 Å². The SMILES string of the molecule is Cc1ccc([C@@H]2c3c(oc4ccccc4c3=O)C(=O)N2CCN(C)C)cc1. The molecule has 5 heteroatoms. The molecule has 0 bridgehead atoms. The van der Waals surface area contributed by atoms with Gasteiger partial charge in [-0.3, -0.25) is 9.59 Å². The van der Waals surface area contributed by atoms with Gasteiger partial charge in [0.25, 0.3) is 5.91 Å². The fourth-order valence-electron chi connectivity index (χ4n) is 3.60. The van der Waals surface area contributed by atoms with Gasteiger partial charge in [0, 0.05) is 13.1 Å². The molecule has 1 aliphatic rings. The van der Waals surface area contributed by atoms with Gasteiger partial charge < -0.3 is 14.2 Å². The van der Waals surface area contributed by atoms with E-state index in [0.717, 1.165) is 11.1 Å². The van der Waals surface area contributed by atoms with Gasteiger partial charge in [-0.1, -0.05) is 42.0 Å². The number of para-hydroxylation sites is 1. The fourth-order valence-corrected chi connectivity index (χ4v) is 3.60. The Morgan fingerprint density at radius 2 is 1.74 bits per heavy atom. The first-order valence-electron chi connectivity index (χ1n) is 9.05. The van der Waals surface area contributed by atoms with Gasteiger partial charge in [-0.15, -0.1) is 0 Å². The summed E-state index contributed by atoms with van der Waals surface area (Å²) in [6, 6.07) is 14.7. The minimum absolute atomic E-state index is 0.127. The molecule has 5 nitrogen and oxygen atoms in total. The number of rotatable bonds is 4. The van der Waals surface area contributed by atoms with Crippen molar-refractivity contribution in [3.05, 3.63) is 81.2 Å². The Bertz CT molecular complexity index is 1070. The molecule has 1 aliphatic heterocycles. The maximum atomic E-state index is 13.3. The summed E-state index contributed by atoms with van der Waals surface area (Å²) in [6.07, 6.45) is 0. The summed E-state index contributed by atoms with van der Waals surface area (Å²) < 4.78 is 5.91. The number of nitrogens with zero attached hydrogens (tertiary/aromatic N) is 2. The first-order chi connectivity index (χ1) is 13.0. The van der Waals surface area contributed by atoms with Gasteiger partial charge >= 0.3 is 0 Å². The predicted octanol–water partition coefficient (Wildman–Crippen LogP) is 3.21. The predicted molar refractivity (Wildman–Crippen MR) is 105 cm³/mol. The molecule has 0 unspecified atom stereocenters. The van der Waals surface area contributed by atoms with Crippen molar-refractivity contribution in [3.8, 4) is 0 Å². The quantitative estimate of drug-likeness (QED) is 0.715. The van der Waals surface area contributed by atoms with E-state index in [-0.39, 0.29) is 17.1 Å². The Balaban J connectivity index is 1.93. The second kappa shape index (κ2) is 6.67. The summed E-state index contributed by atoms with van der Waals surface area (Å²) in [5.74, 6) is -0.0525. The van der Waals surface area contributed by atoms with Crippen LogP contribution < -0.4 is 5.43 Å². The molecule has 0 radical (unpaired) electrons. The summed E-state index contributed by atoms with van der Waals surface area (Å²) in [7, 11) is 3.93. The Hall–Kier alpha value is -2.92. The summed E-state index contributed by atoms with van der Waals surface area (Å²) in [6.45, 7) is 3.24. The van der Waals surface area contributed by atoms with Crippen molar-refractivity contribution in [1.29, 1.82) is 0 Å². The number of hydrogen-bond donors (Lipinski definition) is 0. The molecule has 138 valence electrons. The van der Waals surface area contributed by atoms with E-state index in [0.29, 0.717) is 29.6 Å². The lowest BCUT2D eigenvalue weighted by atomic mass is 9.98. The van der Waals surface area contributed by atoms with Crippen molar-refractivity contribution in [2.45, 2.75) is 13.0 Å². The van der Waals surface area contributed by atoms with Crippen molar-refractivity contribution in [2.75, 3.05) is 27.2 Å². The second-order valence-electron chi connectivity index (χ2n) is 7.29. The van der Waals surface area contributed by atoms with E-state index in [9.17, 15) is 9.59 Å². The van der Waals surface area contributed by atoms with Crippen LogP contribution in [0.25, 0.3) is 11.0 Å². The van der Waals surface area contributed by atoms with Gasteiger partial charge in [0.1, 0.15) is 5.58 Å². The zero-order valence-corrected chi connectivity index (χ0v) is 15.7. The average Bonchev–Trinajstić information content (AvgIpc) is 2.93. The highest BCUT2D eigenvalue weighted by atomic mass is 16.3. The van der Waals surface area contributed by atoms with Crippen LogP contribution in [0.15, 0.2) is 57.7 Å². The van der Waals surface area contributed by atoms with Gasteiger partial charge in [0.15, 0.2) is 5.43 Å². The number of benzene rings is 2. The molecule has 27 heavy (non-hydrogen) atoms. The number of carbonyl (C=O) groups is 1. The first kappa shape index (κ1) is 17.5. The third-order valence-corrected chi connectivity index (χ3v) is 5.05. The minimum atomic E-state index is -0.422. The summed E-state index contributed by atoms with van der Waals surface area (Å²) >= 11 is 0. The molecule has 0 aliphatic carbocycles. The van der Waals surface area contributed by atoms with Crippen LogP contribution >= 0.6 is 0 Å². The van der Waals surface area contributed by atoms with E-state index in [4.69, 9.17) is 4.42 Å². The van der Waals surface area contributed by atoms with Crippen LogP contribution in [-0.2, 0) is 0 Å². The molecule has 2 heterocycles. The van der Waals surface area contributed by atoms with Crippen molar-refractivity contribution in [1.82, 2.24) is 9.80 Å². The maximum Gasteiger partial charge on any atom is 0.290 e. The molecule has 2 aromatic carbocycles. The highest BCUT2D eigenvalue weighted by Gasteiger charge is 2.42. The number of carbonyl (C=O) groups excluding carboxylic acids is 1. The minimum Gasteiger partial charge on any atom is -0.450 e. The van der Waals surface area contributed by atoms with Gasteiger partial charge in [-0.25, -0.2) is 0 Å². The lowest BCUT2D eigenvalue weighted by Crippen LogP contribution is -2.35. The normalized spacial score (nSPS) is 16.4. The number of fused-ring (bicyclic) bond motifs is 2. The molecule has 0 N–H and O–H groups in total. The van der Waals surface area contributed by atoms with E-state index in [2.05, 4.69) is 0 Å². The molecule has 0 fully saturated rings. The standard InChI is InChI=1S/C22H22N2O3/c1-14-8-10-15(11-9-14)19-18-20(25)16-6-4-5-7-17(16)27-21(18)22(26)24(19)13-12-23(2)3/h4-11,19H,12-13H2,1-3H3/t19-/m1/s1. The molecule has 0 saturated heterocycles. The van der Waals surface area contributed by atoms with Gasteiger partial charge in [-0.2, -0.15) is 0 Å². The lowest BCUT2D eigenvalue weighted by molar-refractivity contribution is 0.0716. The molecule has 0 saturated carbocycles. The molecule has 1 atom stereocenters. The van der Waals surface area contributed by atoms with Crippen LogP contribution in [0.3, 0.4) is 0 Å². The largest absolute Gasteiger partial charge is 0.450 e. The first-order valence-corrected chi connectivity index (χ1v) is 9.05. The van der Waals surface area contributed by atoms with E-state index >= 15 is 0 Å². The molecule has 4 rings (SSSR count). The average molecular weight is 362 g/mol. The molecular weight excluding hydrogens is 340 g/mol. The zero-order chi connectivity index (χ0) is 19.1. The van der Waals surface area contributed by atoms with Crippen molar-refractivity contribution in [3.63, 3.8) is 0 Å². The third-order valence-electron chi connectivity index (χ3n) is 5.05. The third kappa shape index (κ3) is 2.94. The smallest absolute Gasteiger partial charge is 0.290 e. The second-order valence-corrected chi connectivity index (χ2v) is 7.29. The van der Waals surface area contributed by atoms with Gasteiger partial charge in [0.2, 0.25) is 5.76 Å². The molecular formula is C22H22N2O3. The van der Waals surface area contributed by atoms with Crippen molar-refractivity contribution < 1.29 is 9.21 Å². The van der Waals surface area contributed by atoms with E-state index in [1.54, 1.807) is 23.1 Å². The van der Waals surface area contributed by atoms with E-state index in [1.165, 1.54) is 0 Å². The molecule has 1 amide bonds. The number of aryl methyl sites for hydroxylation is 1. The number of amides is 1. The summed E-state index contributed by atoms with van der Waals surface area (Å²) in [4.78, 5) is 30.2. The fraction of sp³-hybridized carbons (Fsp3) is 0.273. The topological polar surface area (TPSA) is 53.8 Å².